The molecule has 2 aromatic carbocycles. The number of nitrogens with one attached hydrogen (secondary N) is 1. The summed E-state index contributed by atoms with van der Waals surface area (Å²) in [6.07, 6.45) is 0. The van der Waals surface area contributed by atoms with Crippen molar-refractivity contribution in [2.45, 2.75) is 0 Å². The van der Waals surface area contributed by atoms with Crippen LogP contribution in [0.4, 0.5) is 11.4 Å². The largest absolute Gasteiger partial charge is 0.465 e. The predicted molar refractivity (Wildman–Crippen MR) is 101 cm³/mol. The molecule has 3 rings (SSSR count). The van der Waals surface area contributed by atoms with Crippen LogP contribution in [0.5, 0.6) is 0 Å². The van der Waals surface area contributed by atoms with Crippen LogP contribution in [0, 0.1) is 0 Å². The topological polar surface area (TPSA) is 75.7 Å². The van der Waals surface area contributed by atoms with Crippen molar-refractivity contribution in [2.75, 3.05) is 17.3 Å². The molecule has 1 aliphatic rings. The number of anilines is 2. The Bertz CT molecular complexity index is 923. The molecule has 0 fully saturated rings. The van der Waals surface area contributed by atoms with Crippen molar-refractivity contribution >= 4 is 56.7 Å². The average Bonchev–Trinajstić information content (AvgIpc) is 2.86. The maximum atomic E-state index is 12.7. The quantitative estimate of drug-likeness (QED) is 0.586. The summed E-state index contributed by atoms with van der Waals surface area (Å²) >= 11 is 9.38. The first-order valence-electron chi connectivity index (χ1n) is 7.42. The number of nitrogens with zero attached hydrogens (tertiary/aromatic N) is 1. The van der Waals surface area contributed by atoms with Crippen LogP contribution < -0.4 is 10.2 Å². The van der Waals surface area contributed by atoms with Crippen molar-refractivity contribution in [3.05, 3.63) is 69.3 Å². The van der Waals surface area contributed by atoms with Gasteiger partial charge in [-0.05, 0) is 48.5 Å². The van der Waals surface area contributed by atoms with Gasteiger partial charge < -0.3 is 10.1 Å². The number of benzene rings is 2. The van der Waals surface area contributed by atoms with Crippen molar-refractivity contribution < 1.29 is 19.1 Å². The monoisotopic (exact) mass is 434 g/mol. The second-order valence-electron chi connectivity index (χ2n) is 5.31. The molecule has 0 saturated carbocycles. The van der Waals surface area contributed by atoms with Crippen LogP contribution in [0.2, 0.25) is 0 Å². The summed E-state index contributed by atoms with van der Waals surface area (Å²) in [6, 6.07) is 13.0. The molecule has 0 atom stereocenters. The van der Waals surface area contributed by atoms with Gasteiger partial charge in [0.1, 0.15) is 10.7 Å². The first kappa shape index (κ1) is 18.2. The number of rotatable bonds is 4. The minimum atomic E-state index is -0.604. The zero-order valence-electron chi connectivity index (χ0n) is 13.5. The van der Waals surface area contributed by atoms with Crippen LogP contribution in [-0.4, -0.2) is 24.9 Å². The smallest absolute Gasteiger partial charge is 0.337 e. The van der Waals surface area contributed by atoms with E-state index in [1.807, 2.05) is 0 Å². The maximum absolute atomic E-state index is 12.7. The number of carbonyl (C=O) groups excluding carboxylic acids is 3. The van der Waals surface area contributed by atoms with E-state index in [0.717, 1.165) is 9.37 Å². The second kappa shape index (κ2) is 7.31. The van der Waals surface area contributed by atoms with E-state index < -0.39 is 17.8 Å². The molecule has 8 heteroatoms. The number of amides is 2. The first-order chi connectivity index (χ1) is 12.4. The summed E-state index contributed by atoms with van der Waals surface area (Å²) in [4.78, 5) is 37.5. The number of ether oxygens (including phenoxy) is 1. The van der Waals surface area contributed by atoms with Crippen molar-refractivity contribution in [2.24, 2.45) is 0 Å². The molecule has 1 heterocycles. The molecule has 1 N–H and O–H groups in total. The van der Waals surface area contributed by atoms with Gasteiger partial charge in [-0.25, -0.2) is 9.69 Å². The van der Waals surface area contributed by atoms with Crippen molar-refractivity contribution in [1.29, 1.82) is 0 Å². The summed E-state index contributed by atoms with van der Waals surface area (Å²) in [6.45, 7) is 0. The molecule has 0 bridgehead atoms. The molecule has 1 aliphatic heterocycles. The van der Waals surface area contributed by atoms with E-state index in [0.29, 0.717) is 16.9 Å². The molecule has 6 nitrogen and oxygen atoms in total. The number of hydrogen-bond acceptors (Lipinski definition) is 5. The van der Waals surface area contributed by atoms with Crippen LogP contribution in [-0.2, 0) is 14.3 Å². The number of imide groups is 1. The molecule has 0 spiro atoms. The van der Waals surface area contributed by atoms with Crippen molar-refractivity contribution in [1.82, 2.24) is 0 Å². The fourth-order valence-electron chi connectivity index (χ4n) is 2.39. The fourth-order valence-corrected chi connectivity index (χ4v) is 2.86. The number of halogens is 2. The Morgan fingerprint density at radius 1 is 1.04 bits per heavy atom. The maximum Gasteiger partial charge on any atom is 0.337 e. The molecule has 0 aliphatic carbocycles. The van der Waals surface area contributed by atoms with Crippen molar-refractivity contribution in [3.63, 3.8) is 0 Å². The molecule has 2 amide bonds. The highest BCUT2D eigenvalue weighted by Crippen LogP contribution is 2.30. The fraction of sp³-hybridized carbons (Fsp3) is 0.0556. The van der Waals surface area contributed by atoms with Crippen LogP contribution in [0.3, 0.4) is 0 Å². The van der Waals surface area contributed by atoms with Gasteiger partial charge >= 0.3 is 5.97 Å². The van der Waals surface area contributed by atoms with Gasteiger partial charge in [0.05, 0.1) is 18.4 Å². The minimum absolute atomic E-state index is 0.0228. The Kier molecular flexibility index (Phi) is 5.11. The molecule has 0 aromatic heterocycles. The van der Waals surface area contributed by atoms with Gasteiger partial charge in [0, 0.05) is 10.2 Å². The summed E-state index contributed by atoms with van der Waals surface area (Å²) in [7, 11) is 1.29. The highest BCUT2D eigenvalue weighted by molar-refractivity contribution is 9.10. The third kappa shape index (κ3) is 3.36. The van der Waals surface area contributed by atoms with Crippen LogP contribution >= 0.6 is 27.5 Å². The Balaban J connectivity index is 1.84. The Labute approximate surface area is 162 Å². The van der Waals surface area contributed by atoms with Gasteiger partial charge in [-0.1, -0.05) is 27.5 Å². The molecule has 0 unspecified atom stereocenters. The van der Waals surface area contributed by atoms with Gasteiger partial charge in [0.15, 0.2) is 0 Å². The van der Waals surface area contributed by atoms with Gasteiger partial charge in [-0.3, -0.25) is 9.59 Å². The number of esters is 1. The zero-order chi connectivity index (χ0) is 18.8. The molecular weight excluding hydrogens is 424 g/mol. The van der Waals surface area contributed by atoms with E-state index in [-0.39, 0.29) is 10.7 Å². The normalized spacial score (nSPS) is 14.0. The summed E-state index contributed by atoms with van der Waals surface area (Å²) in [5.74, 6) is -1.63. The van der Waals surface area contributed by atoms with Crippen molar-refractivity contribution in [3.8, 4) is 0 Å². The number of hydrogen-bond donors (Lipinski definition) is 1. The van der Waals surface area contributed by atoms with Gasteiger partial charge in [0.2, 0.25) is 0 Å². The Morgan fingerprint density at radius 2 is 1.65 bits per heavy atom. The number of methoxy groups -OCH3 is 1. The molecule has 0 radical (unpaired) electrons. The van der Waals surface area contributed by atoms with E-state index in [2.05, 4.69) is 26.0 Å². The number of carbonyl (C=O) groups is 3. The van der Waals surface area contributed by atoms with Gasteiger partial charge in [-0.2, -0.15) is 0 Å². The highest BCUT2D eigenvalue weighted by atomic mass is 79.9. The summed E-state index contributed by atoms with van der Waals surface area (Å²) < 4.78 is 5.45. The average molecular weight is 436 g/mol. The first-order valence-corrected chi connectivity index (χ1v) is 8.59. The molecule has 26 heavy (non-hydrogen) atoms. The lowest BCUT2D eigenvalue weighted by molar-refractivity contribution is -0.120. The van der Waals surface area contributed by atoms with Crippen LogP contribution in [0.15, 0.2) is 63.7 Å². The lowest BCUT2D eigenvalue weighted by atomic mass is 10.2. The molecule has 2 aromatic rings. The van der Waals surface area contributed by atoms with E-state index in [9.17, 15) is 14.4 Å². The van der Waals surface area contributed by atoms with Gasteiger partial charge in [-0.15, -0.1) is 0 Å². The minimum Gasteiger partial charge on any atom is -0.465 e. The Morgan fingerprint density at radius 3 is 2.23 bits per heavy atom. The van der Waals surface area contributed by atoms with E-state index >= 15 is 0 Å². The predicted octanol–water partition coefficient (Wildman–Crippen LogP) is 3.67. The standard InChI is InChI=1S/C18H12BrClN2O4/c1-26-18(25)10-2-6-12(7-3-10)21-15-14(20)16(23)22(17(15)24)13-8-4-11(19)5-9-13/h2-9,21H,1H3. The summed E-state index contributed by atoms with van der Waals surface area (Å²) in [5.41, 5.74) is 1.26. The van der Waals surface area contributed by atoms with Crippen LogP contribution in [0.1, 0.15) is 10.4 Å². The SMILES string of the molecule is COC(=O)c1ccc(NC2=C(Cl)C(=O)N(c3ccc(Br)cc3)C2=O)cc1. The molecular formula is C18H12BrClN2O4. The van der Waals surface area contributed by atoms with E-state index in [4.69, 9.17) is 11.6 Å². The zero-order valence-corrected chi connectivity index (χ0v) is 15.8. The third-order valence-electron chi connectivity index (χ3n) is 3.69. The van der Waals surface area contributed by atoms with E-state index in [1.54, 1.807) is 36.4 Å². The third-order valence-corrected chi connectivity index (χ3v) is 4.57. The molecule has 132 valence electrons. The lowest BCUT2D eigenvalue weighted by Gasteiger charge is -2.15. The second-order valence-corrected chi connectivity index (χ2v) is 6.60. The van der Waals surface area contributed by atoms with Gasteiger partial charge in [0.25, 0.3) is 11.8 Å². The van der Waals surface area contributed by atoms with Crippen LogP contribution in [0.25, 0.3) is 0 Å². The molecule has 0 saturated heterocycles. The Hall–Kier alpha value is -2.64. The summed E-state index contributed by atoms with van der Waals surface area (Å²) in [5, 5.41) is 2.64. The lowest BCUT2D eigenvalue weighted by Crippen LogP contribution is -2.32. The highest BCUT2D eigenvalue weighted by Gasteiger charge is 2.38. The van der Waals surface area contributed by atoms with E-state index in [1.165, 1.54) is 19.2 Å².